The molecule has 0 spiro atoms. The maximum atomic E-state index is 12.5. The molecule has 0 aromatic carbocycles. The Bertz CT molecular complexity index is 610. The summed E-state index contributed by atoms with van der Waals surface area (Å²) in [5, 5.41) is 0. The quantitative estimate of drug-likeness (QED) is 0.848. The number of carbonyl (C=O) groups is 3. The minimum Gasteiger partial charge on any atom is -0.355 e. The van der Waals surface area contributed by atoms with Gasteiger partial charge < -0.3 is 9.88 Å². The Labute approximate surface area is 130 Å². The van der Waals surface area contributed by atoms with Crippen LogP contribution in [-0.2, 0) is 4.79 Å². The van der Waals surface area contributed by atoms with E-state index < -0.39 is 0 Å². The number of rotatable bonds is 4. The van der Waals surface area contributed by atoms with Crippen molar-refractivity contribution in [1.29, 1.82) is 0 Å². The molecule has 120 valence electrons. The minimum atomic E-state index is -0.0274. The van der Waals surface area contributed by atoms with Crippen LogP contribution in [0.5, 0.6) is 0 Å². The fraction of sp³-hybridized carbons (Fsp3) is 0.562. The SMILES string of the molecule is CC(=O)c1c(C)[nH]c(C(=O)CN2CCN(C(C)=O)CC2)c1C. The summed E-state index contributed by atoms with van der Waals surface area (Å²) >= 11 is 0. The molecule has 1 N–H and O–H groups in total. The fourth-order valence-electron chi connectivity index (χ4n) is 3.06. The molecule has 1 aliphatic rings. The van der Waals surface area contributed by atoms with Gasteiger partial charge in [0.15, 0.2) is 11.6 Å². The summed E-state index contributed by atoms with van der Waals surface area (Å²) in [6, 6.07) is 0. The zero-order chi connectivity index (χ0) is 16.4. The van der Waals surface area contributed by atoms with Gasteiger partial charge in [-0.25, -0.2) is 0 Å². The number of amides is 1. The molecule has 0 bridgehead atoms. The van der Waals surface area contributed by atoms with Crippen LogP contribution in [0, 0.1) is 13.8 Å². The molecular formula is C16H23N3O3. The van der Waals surface area contributed by atoms with Crippen molar-refractivity contribution in [2.24, 2.45) is 0 Å². The van der Waals surface area contributed by atoms with Gasteiger partial charge in [0.05, 0.1) is 12.2 Å². The van der Waals surface area contributed by atoms with Gasteiger partial charge in [-0.05, 0) is 26.3 Å². The van der Waals surface area contributed by atoms with Gasteiger partial charge in [0, 0.05) is 44.4 Å². The molecule has 6 heteroatoms. The van der Waals surface area contributed by atoms with Crippen molar-refractivity contribution in [2.75, 3.05) is 32.7 Å². The Morgan fingerprint density at radius 2 is 1.64 bits per heavy atom. The van der Waals surface area contributed by atoms with Gasteiger partial charge in [-0.2, -0.15) is 0 Å². The number of H-pyrrole nitrogens is 1. The minimum absolute atomic E-state index is 0.00984. The second-order valence-corrected chi connectivity index (χ2v) is 5.89. The van der Waals surface area contributed by atoms with Crippen LogP contribution in [0.1, 0.15) is 46.0 Å². The molecule has 2 rings (SSSR count). The highest BCUT2D eigenvalue weighted by atomic mass is 16.2. The van der Waals surface area contributed by atoms with Crippen molar-refractivity contribution in [2.45, 2.75) is 27.7 Å². The number of ketones is 2. The summed E-state index contributed by atoms with van der Waals surface area (Å²) in [5.74, 6) is 0.0395. The standard InChI is InChI=1S/C16H23N3O3/c1-10-15(12(3)20)11(2)17-16(10)14(22)9-18-5-7-19(8-6-18)13(4)21/h17H,5-9H2,1-4H3. The Morgan fingerprint density at radius 1 is 1.05 bits per heavy atom. The van der Waals surface area contributed by atoms with E-state index in [1.807, 2.05) is 11.8 Å². The molecule has 1 aromatic heterocycles. The summed E-state index contributed by atoms with van der Waals surface area (Å²) in [5.41, 5.74) is 2.62. The smallest absolute Gasteiger partial charge is 0.219 e. The van der Waals surface area contributed by atoms with E-state index in [-0.39, 0.29) is 17.5 Å². The second-order valence-electron chi connectivity index (χ2n) is 5.89. The van der Waals surface area contributed by atoms with Gasteiger partial charge in [0.25, 0.3) is 0 Å². The summed E-state index contributed by atoms with van der Waals surface area (Å²) in [6.45, 7) is 9.71. The van der Waals surface area contributed by atoms with Gasteiger partial charge in [0.1, 0.15) is 0 Å². The number of aryl methyl sites for hydroxylation is 1. The molecule has 6 nitrogen and oxygen atoms in total. The van der Waals surface area contributed by atoms with Crippen molar-refractivity contribution in [3.8, 4) is 0 Å². The molecule has 0 atom stereocenters. The zero-order valence-electron chi connectivity index (χ0n) is 13.7. The highest BCUT2D eigenvalue weighted by Crippen LogP contribution is 2.19. The lowest BCUT2D eigenvalue weighted by Gasteiger charge is -2.33. The van der Waals surface area contributed by atoms with Crippen LogP contribution < -0.4 is 0 Å². The predicted octanol–water partition coefficient (Wildman–Crippen LogP) is 1.18. The maximum absolute atomic E-state index is 12.5. The van der Waals surface area contributed by atoms with Crippen LogP contribution >= 0.6 is 0 Å². The van der Waals surface area contributed by atoms with Crippen molar-refractivity contribution in [3.63, 3.8) is 0 Å². The summed E-state index contributed by atoms with van der Waals surface area (Å²) in [7, 11) is 0. The molecular weight excluding hydrogens is 282 g/mol. The molecule has 0 radical (unpaired) electrons. The molecule has 0 saturated carbocycles. The van der Waals surface area contributed by atoms with E-state index in [4.69, 9.17) is 0 Å². The Hall–Kier alpha value is -1.95. The number of hydrogen-bond acceptors (Lipinski definition) is 4. The average molecular weight is 305 g/mol. The molecule has 22 heavy (non-hydrogen) atoms. The Balaban J connectivity index is 2.03. The number of nitrogens with one attached hydrogen (secondary N) is 1. The molecule has 2 heterocycles. The number of Topliss-reactive ketones (excluding diaryl/α,β-unsaturated/α-hetero) is 2. The normalized spacial score (nSPS) is 15.9. The van der Waals surface area contributed by atoms with Gasteiger partial charge in [-0.1, -0.05) is 0 Å². The lowest BCUT2D eigenvalue weighted by atomic mass is 10.1. The summed E-state index contributed by atoms with van der Waals surface area (Å²) in [6.07, 6.45) is 0. The first kappa shape index (κ1) is 16.4. The molecule has 1 aliphatic heterocycles. The van der Waals surface area contributed by atoms with Crippen molar-refractivity contribution >= 4 is 17.5 Å². The fourth-order valence-corrected chi connectivity index (χ4v) is 3.06. The number of piperazine rings is 1. The lowest BCUT2D eigenvalue weighted by molar-refractivity contribution is -0.130. The van der Waals surface area contributed by atoms with Crippen molar-refractivity contribution in [1.82, 2.24) is 14.8 Å². The van der Waals surface area contributed by atoms with E-state index in [1.54, 1.807) is 18.7 Å². The molecule has 0 unspecified atom stereocenters. The second kappa shape index (κ2) is 6.44. The molecule has 0 aliphatic carbocycles. The summed E-state index contributed by atoms with van der Waals surface area (Å²) in [4.78, 5) is 42.3. The lowest BCUT2D eigenvalue weighted by Crippen LogP contribution is -2.49. The van der Waals surface area contributed by atoms with Crippen molar-refractivity contribution in [3.05, 3.63) is 22.5 Å². The third-order valence-corrected chi connectivity index (χ3v) is 4.25. The molecule has 1 fully saturated rings. The van der Waals surface area contributed by atoms with Gasteiger partial charge in [-0.3, -0.25) is 19.3 Å². The highest BCUT2D eigenvalue weighted by molar-refractivity contribution is 6.03. The van der Waals surface area contributed by atoms with Crippen molar-refractivity contribution < 1.29 is 14.4 Å². The number of carbonyl (C=O) groups excluding carboxylic acids is 3. The Kier molecular flexibility index (Phi) is 4.81. The van der Waals surface area contributed by atoms with Crippen LogP contribution in [0.3, 0.4) is 0 Å². The van der Waals surface area contributed by atoms with E-state index >= 15 is 0 Å². The topological polar surface area (TPSA) is 73.5 Å². The largest absolute Gasteiger partial charge is 0.355 e. The first-order valence-corrected chi connectivity index (χ1v) is 7.52. The molecule has 1 aromatic rings. The first-order valence-electron chi connectivity index (χ1n) is 7.52. The van der Waals surface area contributed by atoms with Gasteiger partial charge in [0.2, 0.25) is 5.91 Å². The maximum Gasteiger partial charge on any atom is 0.219 e. The summed E-state index contributed by atoms with van der Waals surface area (Å²) < 4.78 is 0. The third-order valence-electron chi connectivity index (χ3n) is 4.25. The van der Waals surface area contributed by atoms with Crippen LogP contribution in [0.2, 0.25) is 0 Å². The Morgan fingerprint density at radius 3 is 2.09 bits per heavy atom. The van der Waals surface area contributed by atoms with E-state index in [1.165, 1.54) is 6.92 Å². The molecule has 1 saturated heterocycles. The van der Waals surface area contributed by atoms with E-state index in [2.05, 4.69) is 4.98 Å². The third kappa shape index (κ3) is 3.27. The van der Waals surface area contributed by atoms with Crippen LogP contribution in [0.4, 0.5) is 0 Å². The highest BCUT2D eigenvalue weighted by Gasteiger charge is 2.24. The number of aromatic amines is 1. The van der Waals surface area contributed by atoms with E-state index in [0.717, 1.165) is 11.3 Å². The van der Waals surface area contributed by atoms with Crippen LogP contribution in [0.15, 0.2) is 0 Å². The van der Waals surface area contributed by atoms with E-state index in [9.17, 15) is 14.4 Å². The average Bonchev–Trinajstić information content (AvgIpc) is 2.74. The van der Waals surface area contributed by atoms with Gasteiger partial charge >= 0.3 is 0 Å². The number of nitrogens with zero attached hydrogens (tertiary/aromatic N) is 2. The molecule has 1 amide bonds. The monoisotopic (exact) mass is 305 g/mol. The van der Waals surface area contributed by atoms with Crippen LogP contribution in [0.25, 0.3) is 0 Å². The predicted molar refractivity (Wildman–Crippen MR) is 83.3 cm³/mol. The first-order chi connectivity index (χ1) is 10.3. The van der Waals surface area contributed by atoms with E-state index in [0.29, 0.717) is 44.0 Å². The van der Waals surface area contributed by atoms with Crippen LogP contribution in [-0.4, -0.2) is 65.0 Å². The van der Waals surface area contributed by atoms with Gasteiger partial charge in [-0.15, -0.1) is 0 Å². The number of hydrogen-bond donors (Lipinski definition) is 1. The zero-order valence-corrected chi connectivity index (χ0v) is 13.7. The number of aromatic nitrogens is 1.